The van der Waals surface area contributed by atoms with E-state index in [-0.39, 0.29) is 5.02 Å². The fourth-order valence-electron chi connectivity index (χ4n) is 2.17. The SMILES string of the molecule is CCc1cc(C(=O)O[C@H](C)C(=O)Nc2ccc(C#N)c(Cl)c2)sc1C. The smallest absolute Gasteiger partial charge is 0.349 e. The molecule has 2 aromatic rings. The summed E-state index contributed by atoms with van der Waals surface area (Å²) in [7, 11) is 0. The fourth-order valence-corrected chi connectivity index (χ4v) is 3.39. The molecular formula is C18H17ClN2O3S. The number of carbonyl (C=O) groups is 2. The molecule has 0 saturated carbocycles. The second-order valence-corrected chi connectivity index (χ2v) is 7.05. The van der Waals surface area contributed by atoms with Crippen LogP contribution in [0.15, 0.2) is 24.3 Å². The van der Waals surface area contributed by atoms with Crippen molar-refractivity contribution in [3.63, 3.8) is 0 Å². The lowest BCUT2D eigenvalue weighted by Gasteiger charge is -2.13. The molecule has 0 bridgehead atoms. The molecule has 1 atom stereocenters. The molecule has 25 heavy (non-hydrogen) atoms. The van der Waals surface area contributed by atoms with Gasteiger partial charge in [-0.2, -0.15) is 5.26 Å². The topological polar surface area (TPSA) is 79.2 Å². The number of carbonyl (C=O) groups excluding carboxylic acids is 2. The lowest BCUT2D eigenvalue weighted by molar-refractivity contribution is -0.123. The van der Waals surface area contributed by atoms with Crippen molar-refractivity contribution in [2.24, 2.45) is 0 Å². The Morgan fingerprint density at radius 3 is 2.68 bits per heavy atom. The molecule has 1 N–H and O–H groups in total. The molecular weight excluding hydrogens is 360 g/mol. The molecule has 0 unspecified atom stereocenters. The van der Waals surface area contributed by atoms with E-state index >= 15 is 0 Å². The molecule has 2 rings (SSSR count). The van der Waals surface area contributed by atoms with Gasteiger partial charge in [0.2, 0.25) is 0 Å². The summed E-state index contributed by atoms with van der Waals surface area (Å²) >= 11 is 7.29. The number of halogens is 1. The van der Waals surface area contributed by atoms with E-state index in [4.69, 9.17) is 21.6 Å². The molecule has 0 saturated heterocycles. The number of anilines is 1. The van der Waals surface area contributed by atoms with Gasteiger partial charge in [0, 0.05) is 10.6 Å². The lowest BCUT2D eigenvalue weighted by Crippen LogP contribution is -2.29. The predicted molar refractivity (Wildman–Crippen MR) is 98.1 cm³/mol. The summed E-state index contributed by atoms with van der Waals surface area (Å²) in [5.41, 5.74) is 1.84. The molecule has 130 valence electrons. The van der Waals surface area contributed by atoms with E-state index in [1.807, 2.05) is 19.9 Å². The van der Waals surface area contributed by atoms with Crippen molar-refractivity contribution < 1.29 is 14.3 Å². The van der Waals surface area contributed by atoms with Crippen molar-refractivity contribution in [1.29, 1.82) is 5.26 Å². The number of nitriles is 1. The third kappa shape index (κ3) is 4.59. The van der Waals surface area contributed by atoms with Crippen molar-refractivity contribution in [1.82, 2.24) is 0 Å². The molecule has 1 aromatic carbocycles. The van der Waals surface area contributed by atoms with Crippen LogP contribution in [-0.4, -0.2) is 18.0 Å². The maximum Gasteiger partial charge on any atom is 0.349 e. The summed E-state index contributed by atoms with van der Waals surface area (Å²) in [4.78, 5) is 25.9. The third-order valence-electron chi connectivity index (χ3n) is 3.61. The Bertz CT molecular complexity index is 854. The molecule has 5 nitrogen and oxygen atoms in total. The molecule has 1 amide bonds. The summed E-state index contributed by atoms with van der Waals surface area (Å²) in [6, 6.07) is 8.29. The van der Waals surface area contributed by atoms with Gasteiger partial charge in [0.15, 0.2) is 6.10 Å². The molecule has 0 fully saturated rings. The number of ether oxygens (including phenoxy) is 1. The van der Waals surface area contributed by atoms with Crippen molar-refractivity contribution in [3.8, 4) is 6.07 Å². The van der Waals surface area contributed by atoms with Crippen LogP contribution in [0, 0.1) is 18.3 Å². The molecule has 0 radical (unpaired) electrons. The summed E-state index contributed by atoms with van der Waals surface area (Å²) in [5, 5.41) is 11.7. The van der Waals surface area contributed by atoms with Crippen molar-refractivity contribution in [2.75, 3.05) is 5.32 Å². The zero-order chi connectivity index (χ0) is 18.6. The Morgan fingerprint density at radius 2 is 2.12 bits per heavy atom. The van der Waals surface area contributed by atoms with Gasteiger partial charge in [0.1, 0.15) is 10.9 Å². The Hall–Kier alpha value is -2.36. The van der Waals surface area contributed by atoms with E-state index in [2.05, 4.69) is 5.32 Å². The van der Waals surface area contributed by atoms with Gasteiger partial charge < -0.3 is 10.1 Å². The van der Waals surface area contributed by atoms with Gasteiger partial charge in [-0.3, -0.25) is 4.79 Å². The number of benzene rings is 1. The van der Waals surface area contributed by atoms with Gasteiger partial charge in [-0.25, -0.2) is 4.79 Å². The minimum absolute atomic E-state index is 0.242. The van der Waals surface area contributed by atoms with Gasteiger partial charge in [0.05, 0.1) is 10.6 Å². The standard InChI is InChI=1S/C18H17ClN2O3S/c1-4-12-7-16(25-11(12)3)18(23)24-10(2)17(22)21-14-6-5-13(9-20)15(19)8-14/h5-8,10H,4H2,1-3H3,(H,21,22)/t10-/m1/s1. The van der Waals surface area contributed by atoms with Crippen LogP contribution < -0.4 is 5.32 Å². The summed E-state index contributed by atoms with van der Waals surface area (Å²) in [6.45, 7) is 5.47. The van der Waals surface area contributed by atoms with E-state index in [1.54, 1.807) is 12.1 Å². The third-order valence-corrected chi connectivity index (χ3v) is 5.00. The van der Waals surface area contributed by atoms with E-state index in [0.717, 1.165) is 16.9 Å². The molecule has 0 aliphatic carbocycles. The van der Waals surface area contributed by atoms with Crippen LogP contribution in [0.25, 0.3) is 0 Å². The normalized spacial score (nSPS) is 11.5. The predicted octanol–water partition coefficient (Wildman–Crippen LogP) is 4.33. The van der Waals surface area contributed by atoms with Crippen molar-refractivity contribution in [3.05, 3.63) is 50.2 Å². The number of nitrogens with one attached hydrogen (secondary N) is 1. The van der Waals surface area contributed by atoms with Gasteiger partial charge in [-0.05, 0) is 50.1 Å². The summed E-state index contributed by atoms with van der Waals surface area (Å²) in [5.74, 6) is -0.994. The number of thiophene rings is 1. The molecule has 7 heteroatoms. The number of esters is 1. The van der Waals surface area contributed by atoms with Gasteiger partial charge >= 0.3 is 5.97 Å². The first kappa shape index (κ1) is 19.0. The zero-order valence-electron chi connectivity index (χ0n) is 14.1. The van der Waals surface area contributed by atoms with E-state index < -0.39 is 18.0 Å². The number of hydrogen-bond donors (Lipinski definition) is 1. The largest absolute Gasteiger partial charge is 0.448 e. The second-order valence-electron chi connectivity index (χ2n) is 5.39. The van der Waals surface area contributed by atoms with Gasteiger partial charge in [0.25, 0.3) is 5.91 Å². The first-order valence-electron chi connectivity index (χ1n) is 7.66. The highest BCUT2D eigenvalue weighted by Gasteiger charge is 2.21. The molecule has 1 heterocycles. The van der Waals surface area contributed by atoms with Crippen molar-refractivity contribution >= 4 is 40.5 Å². The number of rotatable bonds is 5. The number of hydrogen-bond acceptors (Lipinski definition) is 5. The van der Waals surface area contributed by atoms with Crippen LogP contribution in [-0.2, 0) is 16.0 Å². The van der Waals surface area contributed by atoms with Crippen LogP contribution in [0.3, 0.4) is 0 Å². The van der Waals surface area contributed by atoms with Crippen LogP contribution in [0.1, 0.15) is 39.5 Å². The average Bonchev–Trinajstić information content (AvgIpc) is 2.96. The van der Waals surface area contributed by atoms with Crippen molar-refractivity contribution in [2.45, 2.75) is 33.3 Å². The zero-order valence-corrected chi connectivity index (χ0v) is 15.6. The summed E-state index contributed by atoms with van der Waals surface area (Å²) < 4.78 is 5.23. The Labute approximate surface area is 155 Å². The second kappa shape index (κ2) is 8.15. The minimum atomic E-state index is -0.964. The maximum atomic E-state index is 12.2. The Morgan fingerprint density at radius 1 is 1.40 bits per heavy atom. The molecule has 0 spiro atoms. The Balaban J connectivity index is 2.01. The van der Waals surface area contributed by atoms with Crippen LogP contribution in [0.4, 0.5) is 5.69 Å². The monoisotopic (exact) mass is 376 g/mol. The Kier molecular flexibility index (Phi) is 6.18. The number of nitrogens with zero attached hydrogens (tertiary/aromatic N) is 1. The highest BCUT2D eigenvalue weighted by atomic mass is 35.5. The van der Waals surface area contributed by atoms with E-state index in [9.17, 15) is 9.59 Å². The molecule has 0 aliphatic rings. The number of aryl methyl sites for hydroxylation is 2. The maximum absolute atomic E-state index is 12.2. The van der Waals surface area contributed by atoms with E-state index in [1.165, 1.54) is 30.4 Å². The number of amides is 1. The highest BCUT2D eigenvalue weighted by Crippen LogP contribution is 2.24. The summed E-state index contributed by atoms with van der Waals surface area (Å²) in [6.07, 6.45) is -0.125. The quantitative estimate of drug-likeness (QED) is 0.788. The van der Waals surface area contributed by atoms with Gasteiger partial charge in [-0.15, -0.1) is 11.3 Å². The minimum Gasteiger partial charge on any atom is -0.448 e. The van der Waals surface area contributed by atoms with Gasteiger partial charge in [-0.1, -0.05) is 18.5 Å². The average molecular weight is 377 g/mol. The van der Waals surface area contributed by atoms with Crippen LogP contribution in [0.2, 0.25) is 5.02 Å². The first-order chi connectivity index (χ1) is 11.8. The molecule has 0 aliphatic heterocycles. The lowest BCUT2D eigenvalue weighted by atomic mass is 10.2. The highest BCUT2D eigenvalue weighted by molar-refractivity contribution is 7.14. The first-order valence-corrected chi connectivity index (χ1v) is 8.86. The van der Waals surface area contributed by atoms with E-state index in [0.29, 0.717) is 16.1 Å². The fraction of sp³-hybridized carbons (Fsp3) is 0.278. The van der Waals surface area contributed by atoms with Crippen LogP contribution in [0.5, 0.6) is 0 Å². The van der Waals surface area contributed by atoms with Crippen LogP contribution >= 0.6 is 22.9 Å². The molecule has 1 aromatic heterocycles.